The molecule has 1 fully saturated rings. The Morgan fingerprint density at radius 2 is 2.29 bits per heavy atom. The highest BCUT2D eigenvalue weighted by atomic mass is 16.2. The number of nitrogens with one attached hydrogen (secondary N) is 1. The number of hydrogen-bond acceptors (Lipinski definition) is 3. The van der Waals surface area contributed by atoms with Gasteiger partial charge in [0.15, 0.2) is 0 Å². The number of likely N-dealkylation sites (tertiary alicyclic amines) is 1. The zero-order valence-electron chi connectivity index (χ0n) is 14.6. The lowest BCUT2D eigenvalue weighted by molar-refractivity contribution is -0.132. The van der Waals surface area contributed by atoms with Crippen molar-refractivity contribution >= 4 is 5.91 Å². The molecule has 1 atom stereocenters. The third-order valence-corrected chi connectivity index (χ3v) is 4.99. The second-order valence-corrected chi connectivity index (χ2v) is 6.83. The summed E-state index contributed by atoms with van der Waals surface area (Å²) in [7, 11) is 0. The monoisotopic (exact) mass is 326 g/mol. The van der Waals surface area contributed by atoms with E-state index >= 15 is 0 Å². The molecule has 2 aromatic heterocycles. The van der Waals surface area contributed by atoms with E-state index in [9.17, 15) is 4.79 Å². The summed E-state index contributed by atoms with van der Waals surface area (Å²) in [5.74, 6) is 0.815. The van der Waals surface area contributed by atoms with Crippen molar-refractivity contribution in [2.24, 2.45) is 5.92 Å². The Bertz CT molecular complexity index is 660. The molecular formula is C19H26N4O. The van der Waals surface area contributed by atoms with Gasteiger partial charge in [-0.1, -0.05) is 6.07 Å². The molecule has 1 aliphatic rings. The predicted octanol–water partition coefficient (Wildman–Crippen LogP) is 2.84. The number of aromatic nitrogens is 3. The molecule has 1 N–H and O–H groups in total. The average molecular weight is 326 g/mol. The Balaban J connectivity index is 1.53. The van der Waals surface area contributed by atoms with Crippen molar-refractivity contribution in [3.63, 3.8) is 0 Å². The maximum Gasteiger partial charge on any atom is 0.222 e. The number of carbonyl (C=O) groups is 1. The zero-order valence-corrected chi connectivity index (χ0v) is 14.6. The van der Waals surface area contributed by atoms with E-state index in [2.05, 4.69) is 26.1 Å². The van der Waals surface area contributed by atoms with E-state index in [-0.39, 0.29) is 5.91 Å². The first-order chi connectivity index (χ1) is 11.6. The van der Waals surface area contributed by atoms with Crippen LogP contribution in [0.15, 0.2) is 24.5 Å². The Hall–Kier alpha value is -2.17. The smallest absolute Gasteiger partial charge is 0.222 e. The highest BCUT2D eigenvalue weighted by molar-refractivity contribution is 5.76. The van der Waals surface area contributed by atoms with E-state index in [0.717, 1.165) is 43.7 Å². The van der Waals surface area contributed by atoms with Crippen LogP contribution < -0.4 is 0 Å². The molecule has 0 bridgehead atoms. The van der Waals surface area contributed by atoms with E-state index in [0.29, 0.717) is 12.3 Å². The van der Waals surface area contributed by atoms with E-state index in [1.807, 2.05) is 26.1 Å². The van der Waals surface area contributed by atoms with Crippen LogP contribution in [0.2, 0.25) is 0 Å². The fourth-order valence-electron chi connectivity index (χ4n) is 3.64. The summed E-state index contributed by atoms with van der Waals surface area (Å²) in [6.07, 6.45) is 8.39. The maximum atomic E-state index is 12.6. The molecule has 0 aromatic carbocycles. The van der Waals surface area contributed by atoms with Gasteiger partial charge in [-0.25, -0.2) is 0 Å². The lowest BCUT2D eigenvalue weighted by atomic mass is 9.91. The van der Waals surface area contributed by atoms with Crippen LogP contribution in [-0.2, 0) is 17.6 Å². The largest absolute Gasteiger partial charge is 0.342 e. The SMILES string of the molecule is Cc1n[nH]c(C)c1CCC(=O)N1CCC[C@@H](Cc2cccnc2)C1. The third-order valence-electron chi connectivity index (χ3n) is 4.99. The van der Waals surface area contributed by atoms with Gasteiger partial charge >= 0.3 is 0 Å². The normalized spacial score (nSPS) is 17.9. The van der Waals surface area contributed by atoms with Gasteiger partial charge in [0.1, 0.15) is 0 Å². The zero-order chi connectivity index (χ0) is 16.9. The number of hydrogen-bond donors (Lipinski definition) is 1. The van der Waals surface area contributed by atoms with E-state index in [1.165, 1.54) is 17.5 Å². The minimum absolute atomic E-state index is 0.269. The van der Waals surface area contributed by atoms with Crippen molar-refractivity contribution in [2.75, 3.05) is 13.1 Å². The molecule has 0 aliphatic carbocycles. The summed E-state index contributed by atoms with van der Waals surface area (Å²) in [6, 6.07) is 4.11. The summed E-state index contributed by atoms with van der Waals surface area (Å²) >= 11 is 0. The molecule has 5 nitrogen and oxygen atoms in total. The highest BCUT2D eigenvalue weighted by Crippen LogP contribution is 2.22. The van der Waals surface area contributed by atoms with Crippen LogP contribution in [0.3, 0.4) is 0 Å². The van der Waals surface area contributed by atoms with Gasteiger partial charge in [-0.05, 0) is 62.6 Å². The molecule has 0 radical (unpaired) electrons. The van der Waals surface area contributed by atoms with Crippen LogP contribution in [0, 0.1) is 19.8 Å². The Morgan fingerprint density at radius 1 is 1.42 bits per heavy atom. The molecule has 5 heteroatoms. The summed E-state index contributed by atoms with van der Waals surface area (Å²) in [6.45, 7) is 5.78. The van der Waals surface area contributed by atoms with E-state index in [4.69, 9.17) is 0 Å². The van der Waals surface area contributed by atoms with Crippen LogP contribution in [-0.4, -0.2) is 39.1 Å². The molecule has 128 valence electrons. The molecule has 2 aromatic rings. The number of amides is 1. The lowest BCUT2D eigenvalue weighted by Gasteiger charge is -2.33. The van der Waals surface area contributed by atoms with Gasteiger partial charge in [0.05, 0.1) is 5.69 Å². The Labute approximate surface area is 143 Å². The quantitative estimate of drug-likeness (QED) is 0.919. The number of H-pyrrole nitrogens is 1. The standard InChI is InChI=1S/C19H26N4O/c1-14-18(15(2)22-21-14)7-8-19(24)23-10-4-6-17(13-23)11-16-5-3-9-20-12-16/h3,5,9,12,17H,4,6-8,10-11,13H2,1-2H3,(H,21,22)/t17-/m0/s1. The van der Waals surface area contributed by atoms with Crippen molar-refractivity contribution in [1.29, 1.82) is 0 Å². The lowest BCUT2D eigenvalue weighted by Crippen LogP contribution is -2.40. The van der Waals surface area contributed by atoms with Gasteiger partial charge in [-0.3, -0.25) is 14.9 Å². The van der Waals surface area contributed by atoms with Crippen LogP contribution in [0.25, 0.3) is 0 Å². The van der Waals surface area contributed by atoms with Gasteiger partial charge in [-0.2, -0.15) is 5.10 Å². The average Bonchev–Trinajstić information content (AvgIpc) is 2.92. The van der Waals surface area contributed by atoms with E-state index < -0.39 is 0 Å². The number of carbonyl (C=O) groups excluding carboxylic acids is 1. The van der Waals surface area contributed by atoms with Crippen LogP contribution in [0.5, 0.6) is 0 Å². The second-order valence-electron chi connectivity index (χ2n) is 6.83. The summed E-state index contributed by atoms with van der Waals surface area (Å²) in [5.41, 5.74) is 4.54. The summed E-state index contributed by atoms with van der Waals surface area (Å²) in [5, 5.41) is 7.20. The van der Waals surface area contributed by atoms with Crippen LogP contribution in [0.4, 0.5) is 0 Å². The molecule has 3 rings (SSSR count). The van der Waals surface area contributed by atoms with Gasteiger partial charge < -0.3 is 4.90 Å². The number of aromatic amines is 1. The van der Waals surface area contributed by atoms with Crippen molar-refractivity contribution < 1.29 is 4.79 Å². The molecule has 3 heterocycles. The first-order valence-corrected chi connectivity index (χ1v) is 8.80. The molecule has 0 spiro atoms. The number of pyridine rings is 1. The molecule has 1 aliphatic heterocycles. The first-order valence-electron chi connectivity index (χ1n) is 8.80. The molecule has 1 saturated heterocycles. The van der Waals surface area contributed by atoms with Crippen LogP contribution >= 0.6 is 0 Å². The summed E-state index contributed by atoms with van der Waals surface area (Å²) < 4.78 is 0. The first kappa shape index (κ1) is 16.7. The highest BCUT2D eigenvalue weighted by Gasteiger charge is 2.24. The summed E-state index contributed by atoms with van der Waals surface area (Å²) in [4.78, 5) is 18.8. The fourth-order valence-corrected chi connectivity index (χ4v) is 3.64. The Kier molecular flexibility index (Phi) is 5.28. The minimum Gasteiger partial charge on any atom is -0.342 e. The van der Waals surface area contributed by atoms with Crippen molar-refractivity contribution in [1.82, 2.24) is 20.1 Å². The van der Waals surface area contributed by atoms with Crippen LogP contribution in [0.1, 0.15) is 41.8 Å². The molecule has 1 amide bonds. The fraction of sp³-hybridized carbons (Fsp3) is 0.526. The topological polar surface area (TPSA) is 61.9 Å². The van der Waals surface area contributed by atoms with Gasteiger partial charge in [0.2, 0.25) is 5.91 Å². The number of nitrogens with zero attached hydrogens (tertiary/aromatic N) is 3. The van der Waals surface area contributed by atoms with Crippen molar-refractivity contribution in [3.8, 4) is 0 Å². The molecule has 0 saturated carbocycles. The third kappa shape index (κ3) is 4.02. The number of rotatable bonds is 5. The van der Waals surface area contributed by atoms with Gasteiger partial charge in [0.25, 0.3) is 0 Å². The van der Waals surface area contributed by atoms with Crippen molar-refractivity contribution in [2.45, 2.75) is 46.0 Å². The van der Waals surface area contributed by atoms with E-state index in [1.54, 1.807) is 6.20 Å². The maximum absolute atomic E-state index is 12.6. The van der Waals surface area contributed by atoms with Gasteiger partial charge in [0, 0.05) is 37.6 Å². The van der Waals surface area contributed by atoms with Gasteiger partial charge in [-0.15, -0.1) is 0 Å². The minimum atomic E-state index is 0.269. The number of piperidine rings is 1. The predicted molar refractivity (Wildman–Crippen MR) is 93.6 cm³/mol. The molecular weight excluding hydrogens is 300 g/mol. The molecule has 24 heavy (non-hydrogen) atoms. The second kappa shape index (κ2) is 7.60. The Morgan fingerprint density at radius 3 is 3.00 bits per heavy atom. The van der Waals surface area contributed by atoms with Crippen molar-refractivity contribution in [3.05, 3.63) is 47.0 Å². The number of aryl methyl sites for hydroxylation is 2. The molecule has 0 unspecified atom stereocenters.